The van der Waals surface area contributed by atoms with Crippen LogP contribution >= 0.6 is 0 Å². The third-order valence-corrected chi connectivity index (χ3v) is 6.51. The second kappa shape index (κ2) is 8.99. The fourth-order valence-corrected chi connectivity index (χ4v) is 5.21. The van der Waals surface area contributed by atoms with Crippen LogP contribution in [0.5, 0.6) is 0 Å². The number of rotatable bonds is 6. The second-order valence-electron chi connectivity index (χ2n) is 8.91. The highest BCUT2D eigenvalue weighted by atomic mass is 14.3. The first kappa shape index (κ1) is 20.0. The lowest BCUT2D eigenvalue weighted by Crippen LogP contribution is -2.08. The van der Waals surface area contributed by atoms with Gasteiger partial charge in [0.25, 0.3) is 0 Å². The van der Waals surface area contributed by atoms with Gasteiger partial charge in [-0.2, -0.15) is 0 Å². The molecule has 0 atom stereocenters. The van der Waals surface area contributed by atoms with E-state index in [1.54, 1.807) is 11.1 Å². The van der Waals surface area contributed by atoms with Gasteiger partial charge in [-0.15, -0.1) is 0 Å². The Hall–Kier alpha value is -2.34. The van der Waals surface area contributed by atoms with Crippen LogP contribution in [-0.4, -0.2) is 0 Å². The normalized spacial score (nSPS) is 14.6. The quantitative estimate of drug-likeness (QED) is 0.399. The van der Waals surface area contributed by atoms with E-state index in [9.17, 15) is 0 Å². The van der Waals surface area contributed by atoms with Crippen LogP contribution in [0.1, 0.15) is 81.4 Å². The predicted octanol–water partition coefficient (Wildman–Crippen LogP) is 8.75. The summed E-state index contributed by atoms with van der Waals surface area (Å²) in [6, 6.07) is 24.8. The minimum absolute atomic E-state index is 0.550. The van der Waals surface area contributed by atoms with Crippen LogP contribution in [0.25, 0.3) is 22.3 Å². The fourth-order valence-electron chi connectivity index (χ4n) is 5.21. The summed E-state index contributed by atoms with van der Waals surface area (Å²) in [5, 5.41) is 0. The molecule has 0 unspecified atom stereocenters. The molecule has 4 rings (SSSR count). The van der Waals surface area contributed by atoms with E-state index in [4.69, 9.17) is 0 Å². The van der Waals surface area contributed by atoms with E-state index in [1.165, 1.54) is 59.9 Å². The molecule has 1 aliphatic carbocycles. The van der Waals surface area contributed by atoms with Crippen molar-refractivity contribution in [3.63, 3.8) is 0 Å². The van der Waals surface area contributed by atoms with Crippen molar-refractivity contribution in [1.82, 2.24) is 0 Å². The van der Waals surface area contributed by atoms with Crippen LogP contribution in [-0.2, 0) is 6.42 Å². The third kappa shape index (κ3) is 4.04. The van der Waals surface area contributed by atoms with Crippen LogP contribution in [0.4, 0.5) is 0 Å². The first-order chi connectivity index (χ1) is 14.2. The Morgan fingerprint density at radius 3 is 1.86 bits per heavy atom. The summed E-state index contributed by atoms with van der Waals surface area (Å²) in [6.07, 6.45) is 7.71. The minimum atomic E-state index is 0.550. The zero-order chi connectivity index (χ0) is 20.2. The van der Waals surface area contributed by atoms with Gasteiger partial charge in [-0.05, 0) is 70.0 Å². The van der Waals surface area contributed by atoms with E-state index >= 15 is 0 Å². The summed E-state index contributed by atoms with van der Waals surface area (Å²) in [4.78, 5) is 0. The molecule has 3 aromatic carbocycles. The van der Waals surface area contributed by atoms with Gasteiger partial charge in [0.05, 0.1) is 0 Å². The lowest BCUT2D eigenvalue weighted by molar-refractivity contribution is 0.699. The summed E-state index contributed by atoms with van der Waals surface area (Å²) < 4.78 is 0. The highest BCUT2D eigenvalue weighted by Crippen LogP contribution is 2.48. The van der Waals surface area contributed by atoms with Gasteiger partial charge in [0, 0.05) is 0 Å². The van der Waals surface area contributed by atoms with Crippen molar-refractivity contribution in [2.75, 3.05) is 0 Å². The van der Waals surface area contributed by atoms with E-state index < -0.39 is 0 Å². The van der Waals surface area contributed by atoms with Crippen molar-refractivity contribution in [3.05, 3.63) is 83.4 Å². The lowest BCUT2D eigenvalue weighted by atomic mass is 9.76. The van der Waals surface area contributed by atoms with Crippen molar-refractivity contribution in [1.29, 1.82) is 0 Å². The average Bonchev–Trinajstić information content (AvgIpc) is 3.29. The van der Waals surface area contributed by atoms with Crippen molar-refractivity contribution in [2.24, 2.45) is 0 Å². The van der Waals surface area contributed by atoms with E-state index in [2.05, 4.69) is 87.5 Å². The van der Waals surface area contributed by atoms with Crippen molar-refractivity contribution in [2.45, 2.75) is 71.1 Å². The van der Waals surface area contributed by atoms with Gasteiger partial charge in [0.1, 0.15) is 0 Å². The Labute approximate surface area is 177 Å². The maximum atomic E-state index is 2.57. The summed E-state index contributed by atoms with van der Waals surface area (Å²) in [5.74, 6) is 1.24. The minimum Gasteiger partial charge on any atom is -0.0651 e. The number of hydrogen-bond donors (Lipinski definition) is 0. The van der Waals surface area contributed by atoms with E-state index in [-0.39, 0.29) is 0 Å². The van der Waals surface area contributed by atoms with Crippen molar-refractivity contribution < 1.29 is 0 Å². The Kier molecular flexibility index (Phi) is 6.19. The van der Waals surface area contributed by atoms with Crippen LogP contribution in [0.15, 0.2) is 66.7 Å². The topological polar surface area (TPSA) is 0 Å². The van der Waals surface area contributed by atoms with Gasteiger partial charge in [-0.25, -0.2) is 0 Å². The Balaban J connectivity index is 2.11. The Bertz CT molecular complexity index is 929. The molecule has 0 heteroatoms. The molecule has 0 nitrogen and oxygen atoms in total. The van der Waals surface area contributed by atoms with Gasteiger partial charge >= 0.3 is 0 Å². The van der Waals surface area contributed by atoms with Gasteiger partial charge in [0.2, 0.25) is 0 Å². The SMILES string of the molecule is CCCc1cc(C(C)C)c(C2CCCC2)c(-c2ccccc2)c1-c1ccccc1. The molecule has 3 aromatic rings. The molecule has 0 saturated heterocycles. The third-order valence-electron chi connectivity index (χ3n) is 6.51. The summed E-state index contributed by atoms with van der Waals surface area (Å²) in [6.45, 7) is 7.05. The first-order valence-corrected chi connectivity index (χ1v) is 11.5. The molecule has 0 heterocycles. The number of hydrogen-bond acceptors (Lipinski definition) is 0. The molecule has 0 radical (unpaired) electrons. The molecule has 0 amide bonds. The van der Waals surface area contributed by atoms with Gasteiger partial charge in [-0.1, -0.05) is 107 Å². The maximum Gasteiger partial charge on any atom is -0.00649 e. The average molecular weight is 383 g/mol. The summed E-state index contributed by atoms with van der Waals surface area (Å²) in [5.41, 5.74) is 10.5. The predicted molar refractivity (Wildman–Crippen MR) is 127 cm³/mol. The second-order valence-corrected chi connectivity index (χ2v) is 8.91. The zero-order valence-electron chi connectivity index (χ0n) is 18.2. The standard InChI is InChI=1S/C29H34/c1-4-13-25-20-26(21(2)3)28(23-18-11-12-19-23)29(24-16-9-6-10-17-24)27(25)22-14-7-5-8-15-22/h5-10,14-17,20-21,23H,4,11-13,18-19H2,1-3H3. The number of benzene rings is 3. The summed E-state index contributed by atoms with van der Waals surface area (Å²) >= 11 is 0. The first-order valence-electron chi connectivity index (χ1n) is 11.5. The molecule has 0 bridgehead atoms. The van der Waals surface area contributed by atoms with E-state index in [0.717, 1.165) is 6.42 Å². The molecular weight excluding hydrogens is 348 g/mol. The van der Waals surface area contributed by atoms with Gasteiger partial charge < -0.3 is 0 Å². The Morgan fingerprint density at radius 2 is 1.34 bits per heavy atom. The summed E-state index contributed by atoms with van der Waals surface area (Å²) in [7, 11) is 0. The van der Waals surface area contributed by atoms with Gasteiger partial charge in [0.15, 0.2) is 0 Å². The molecular formula is C29H34. The van der Waals surface area contributed by atoms with Crippen molar-refractivity contribution >= 4 is 0 Å². The van der Waals surface area contributed by atoms with Crippen LogP contribution in [0, 0.1) is 0 Å². The fraction of sp³-hybridized carbons (Fsp3) is 0.379. The Morgan fingerprint density at radius 1 is 0.793 bits per heavy atom. The zero-order valence-corrected chi connectivity index (χ0v) is 18.2. The van der Waals surface area contributed by atoms with Crippen molar-refractivity contribution in [3.8, 4) is 22.3 Å². The highest BCUT2D eigenvalue weighted by molar-refractivity contribution is 5.89. The molecule has 1 aliphatic rings. The molecule has 1 saturated carbocycles. The van der Waals surface area contributed by atoms with Crippen LogP contribution in [0.3, 0.4) is 0 Å². The molecule has 150 valence electrons. The molecule has 0 aromatic heterocycles. The van der Waals surface area contributed by atoms with Crippen LogP contribution < -0.4 is 0 Å². The molecule has 0 N–H and O–H groups in total. The molecule has 1 fully saturated rings. The molecule has 0 spiro atoms. The monoisotopic (exact) mass is 382 g/mol. The smallest absolute Gasteiger partial charge is 0.00649 e. The number of aryl methyl sites for hydroxylation is 1. The van der Waals surface area contributed by atoms with E-state index in [0.29, 0.717) is 11.8 Å². The molecule has 29 heavy (non-hydrogen) atoms. The largest absolute Gasteiger partial charge is 0.0651 e. The van der Waals surface area contributed by atoms with Gasteiger partial charge in [-0.3, -0.25) is 0 Å². The highest BCUT2D eigenvalue weighted by Gasteiger charge is 2.28. The lowest BCUT2D eigenvalue weighted by Gasteiger charge is -2.28. The maximum absolute atomic E-state index is 2.57. The molecule has 0 aliphatic heterocycles. The van der Waals surface area contributed by atoms with E-state index in [1.807, 2.05) is 0 Å². The van der Waals surface area contributed by atoms with Crippen LogP contribution in [0.2, 0.25) is 0 Å².